The number of para-hydroxylation sites is 1. The zero-order chi connectivity index (χ0) is 19.3. The topological polar surface area (TPSA) is 76.0 Å². The van der Waals surface area contributed by atoms with Crippen molar-refractivity contribution in [2.45, 2.75) is 6.54 Å². The van der Waals surface area contributed by atoms with Crippen LogP contribution in [0.2, 0.25) is 0 Å². The van der Waals surface area contributed by atoms with E-state index in [0.717, 1.165) is 16.5 Å². The fourth-order valence-electron chi connectivity index (χ4n) is 3.08. The molecule has 0 fully saturated rings. The normalized spacial score (nSPS) is 10.6. The minimum atomic E-state index is -0.424. The molecular formula is C22H18N4O2. The first-order valence-electron chi connectivity index (χ1n) is 8.85. The molecule has 0 aliphatic rings. The summed E-state index contributed by atoms with van der Waals surface area (Å²) >= 11 is 0. The second-order valence-electron chi connectivity index (χ2n) is 6.31. The third-order valence-electron chi connectivity index (χ3n) is 4.44. The number of amides is 2. The van der Waals surface area contributed by atoms with Crippen LogP contribution in [0.4, 0.5) is 0 Å². The zero-order valence-electron chi connectivity index (χ0n) is 15.0. The molecule has 0 bridgehead atoms. The predicted octanol–water partition coefficient (Wildman–Crippen LogP) is 3.16. The molecule has 2 aromatic heterocycles. The highest BCUT2D eigenvalue weighted by atomic mass is 16.2. The number of hydrazine groups is 1. The van der Waals surface area contributed by atoms with E-state index in [-0.39, 0.29) is 5.91 Å². The maximum atomic E-state index is 12.8. The Morgan fingerprint density at radius 2 is 1.61 bits per heavy atom. The first kappa shape index (κ1) is 17.5. The predicted molar refractivity (Wildman–Crippen MR) is 107 cm³/mol. The number of rotatable bonds is 4. The summed E-state index contributed by atoms with van der Waals surface area (Å²) in [6.45, 7) is 0.549. The van der Waals surface area contributed by atoms with Gasteiger partial charge in [0, 0.05) is 29.8 Å². The lowest BCUT2D eigenvalue weighted by molar-refractivity contribution is 0.0842. The smallest absolute Gasteiger partial charge is 0.286 e. The lowest BCUT2D eigenvalue weighted by atomic mass is 10.2. The van der Waals surface area contributed by atoms with Gasteiger partial charge in [0.1, 0.15) is 5.69 Å². The summed E-state index contributed by atoms with van der Waals surface area (Å²) in [6.07, 6.45) is 3.02. The number of nitrogens with one attached hydrogen (secondary N) is 2. The van der Waals surface area contributed by atoms with Crippen molar-refractivity contribution in [1.82, 2.24) is 20.4 Å². The Morgan fingerprint density at radius 3 is 2.39 bits per heavy atom. The Labute approximate surface area is 161 Å². The molecule has 6 nitrogen and oxygen atoms in total. The van der Waals surface area contributed by atoms with E-state index in [2.05, 4.69) is 15.8 Å². The van der Waals surface area contributed by atoms with E-state index < -0.39 is 5.91 Å². The maximum absolute atomic E-state index is 12.8. The van der Waals surface area contributed by atoms with Gasteiger partial charge in [-0.25, -0.2) is 0 Å². The van der Waals surface area contributed by atoms with Crippen LogP contribution < -0.4 is 10.9 Å². The summed E-state index contributed by atoms with van der Waals surface area (Å²) in [4.78, 5) is 28.9. The summed E-state index contributed by atoms with van der Waals surface area (Å²) in [5.41, 5.74) is 7.81. The molecule has 4 aromatic rings. The van der Waals surface area contributed by atoms with Crippen molar-refractivity contribution in [3.8, 4) is 0 Å². The molecule has 0 spiro atoms. The maximum Gasteiger partial charge on any atom is 0.286 e. The van der Waals surface area contributed by atoms with E-state index in [9.17, 15) is 9.59 Å². The Hall–Kier alpha value is -3.93. The number of carbonyl (C=O) groups excluding carboxylic acids is 2. The molecule has 138 valence electrons. The second-order valence-corrected chi connectivity index (χ2v) is 6.31. The van der Waals surface area contributed by atoms with Crippen molar-refractivity contribution in [3.63, 3.8) is 0 Å². The fourth-order valence-corrected chi connectivity index (χ4v) is 3.08. The molecule has 0 saturated carbocycles. The highest BCUT2D eigenvalue weighted by molar-refractivity contribution is 6.01. The molecule has 2 heterocycles. The van der Waals surface area contributed by atoms with Gasteiger partial charge in [0.15, 0.2) is 0 Å². The van der Waals surface area contributed by atoms with Crippen LogP contribution >= 0.6 is 0 Å². The fraction of sp³-hybridized carbons (Fsp3) is 0.0455. The third kappa shape index (κ3) is 3.61. The standard InChI is InChI=1S/C22H18N4O2/c27-21(18-10-6-12-23-14-18)24-25-22(28)20-13-17-9-4-5-11-19(17)26(20)15-16-7-2-1-3-8-16/h1-14H,15H2,(H,24,27)(H,25,28). The van der Waals surface area contributed by atoms with Gasteiger partial charge < -0.3 is 4.57 Å². The van der Waals surface area contributed by atoms with Crippen molar-refractivity contribution in [2.75, 3.05) is 0 Å². The Bertz CT molecular complexity index is 1120. The van der Waals surface area contributed by atoms with Gasteiger partial charge in [0.05, 0.1) is 5.56 Å². The summed E-state index contributed by atoms with van der Waals surface area (Å²) in [5.74, 6) is -0.809. The number of fused-ring (bicyclic) bond motifs is 1. The van der Waals surface area contributed by atoms with Gasteiger partial charge in [-0.2, -0.15) is 0 Å². The molecule has 0 aliphatic carbocycles. The van der Waals surface area contributed by atoms with Crippen LogP contribution in [-0.4, -0.2) is 21.4 Å². The monoisotopic (exact) mass is 370 g/mol. The van der Waals surface area contributed by atoms with Crippen LogP contribution in [0.3, 0.4) is 0 Å². The van der Waals surface area contributed by atoms with E-state index in [1.165, 1.54) is 6.20 Å². The highest BCUT2D eigenvalue weighted by Gasteiger charge is 2.16. The first-order valence-corrected chi connectivity index (χ1v) is 8.85. The lowest BCUT2D eigenvalue weighted by Gasteiger charge is -2.12. The second kappa shape index (κ2) is 7.75. The van der Waals surface area contributed by atoms with Crippen molar-refractivity contribution < 1.29 is 9.59 Å². The van der Waals surface area contributed by atoms with Crippen molar-refractivity contribution >= 4 is 22.7 Å². The summed E-state index contributed by atoms with van der Waals surface area (Å²) in [7, 11) is 0. The van der Waals surface area contributed by atoms with Crippen LogP contribution in [0.15, 0.2) is 85.2 Å². The van der Waals surface area contributed by atoms with Gasteiger partial charge in [-0.05, 0) is 29.8 Å². The van der Waals surface area contributed by atoms with Crippen LogP contribution in [-0.2, 0) is 6.54 Å². The number of hydrogen-bond donors (Lipinski definition) is 2. The van der Waals surface area contributed by atoms with Crippen LogP contribution in [0, 0.1) is 0 Å². The average Bonchev–Trinajstić information content (AvgIpc) is 3.12. The molecule has 0 saturated heterocycles. The van der Waals surface area contributed by atoms with Gasteiger partial charge in [0.2, 0.25) is 0 Å². The summed E-state index contributed by atoms with van der Waals surface area (Å²) in [6, 6.07) is 22.8. The number of nitrogens with zero attached hydrogens (tertiary/aromatic N) is 2. The van der Waals surface area contributed by atoms with Crippen molar-refractivity contribution in [3.05, 3.63) is 102 Å². The molecule has 2 aromatic carbocycles. The van der Waals surface area contributed by atoms with Crippen LogP contribution in [0.5, 0.6) is 0 Å². The lowest BCUT2D eigenvalue weighted by Crippen LogP contribution is -2.42. The first-order chi connectivity index (χ1) is 13.7. The minimum Gasteiger partial charge on any atom is -0.332 e. The molecule has 6 heteroatoms. The molecule has 28 heavy (non-hydrogen) atoms. The van der Waals surface area contributed by atoms with Crippen LogP contribution in [0.1, 0.15) is 26.4 Å². The molecule has 0 aliphatic heterocycles. The van der Waals surface area contributed by atoms with Gasteiger partial charge in [0.25, 0.3) is 11.8 Å². The number of hydrogen-bond acceptors (Lipinski definition) is 3. The summed E-state index contributed by atoms with van der Waals surface area (Å²) in [5, 5.41) is 0.960. The van der Waals surface area contributed by atoms with Crippen molar-refractivity contribution in [1.29, 1.82) is 0 Å². The molecule has 2 N–H and O–H groups in total. The number of carbonyl (C=O) groups is 2. The molecule has 2 amide bonds. The highest BCUT2D eigenvalue weighted by Crippen LogP contribution is 2.21. The molecule has 0 unspecified atom stereocenters. The SMILES string of the molecule is O=C(NNC(=O)c1cc2ccccc2n1Cc1ccccc1)c1cccnc1. The third-order valence-corrected chi connectivity index (χ3v) is 4.44. The van der Waals surface area contributed by atoms with Crippen LogP contribution in [0.25, 0.3) is 10.9 Å². The van der Waals surface area contributed by atoms with E-state index in [1.54, 1.807) is 18.3 Å². The average molecular weight is 370 g/mol. The van der Waals surface area contributed by atoms with E-state index in [0.29, 0.717) is 17.8 Å². The van der Waals surface area contributed by atoms with E-state index in [1.807, 2.05) is 65.2 Å². The van der Waals surface area contributed by atoms with Gasteiger partial charge in [-0.15, -0.1) is 0 Å². The Morgan fingerprint density at radius 1 is 0.857 bits per heavy atom. The molecule has 4 rings (SSSR count). The minimum absolute atomic E-state index is 0.368. The molecule has 0 atom stereocenters. The Balaban J connectivity index is 1.59. The largest absolute Gasteiger partial charge is 0.332 e. The number of pyridine rings is 1. The number of aromatic nitrogens is 2. The molecule has 0 radical (unpaired) electrons. The van der Waals surface area contributed by atoms with Gasteiger partial charge in [-0.1, -0.05) is 48.5 Å². The zero-order valence-corrected chi connectivity index (χ0v) is 15.0. The van der Waals surface area contributed by atoms with E-state index in [4.69, 9.17) is 0 Å². The van der Waals surface area contributed by atoms with Crippen molar-refractivity contribution in [2.24, 2.45) is 0 Å². The van der Waals surface area contributed by atoms with Gasteiger partial charge in [-0.3, -0.25) is 25.4 Å². The van der Waals surface area contributed by atoms with E-state index >= 15 is 0 Å². The Kier molecular flexibility index (Phi) is 4.84. The quantitative estimate of drug-likeness (QED) is 0.542. The van der Waals surface area contributed by atoms with Gasteiger partial charge >= 0.3 is 0 Å². The molecular weight excluding hydrogens is 352 g/mol. The summed E-state index contributed by atoms with van der Waals surface area (Å²) < 4.78 is 1.94. The number of benzene rings is 2.